The molecule has 0 spiro atoms. The second-order valence-corrected chi connectivity index (χ2v) is 3.62. The normalized spacial score (nSPS) is 11.4. The summed E-state index contributed by atoms with van der Waals surface area (Å²) in [5.41, 5.74) is 0. The van der Waals surface area contributed by atoms with Gasteiger partial charge >= 0.3 is 11.9 Å². The smallest absolute Gasteiger partial charge is 0.305 e. The van der Waals surface area contributed by atoms with Crippen LogP contribution in [0.5, 0.6) is 0 Å². The van der Waals surface area contributed by atoms with Gasteiger partial charge < -0.3 is 20.8 Å². The molecule has 2 amide bonds. The lowest BCUT2D eigenvalue weighted by molar-refractivity contribution is -0.138. The highest BCUT2D eigenvalue weighted by molar-refractivity contribution is 5.87. The maximum Gasteiger partial charge on any atom is 0.305 e. The highest BCUT2D eigenvalue weighted by atomic mass is 16.4. The molecule has 0 saturated carbocycles. The third kappa shape index (κ3) is 8.08. The van der Waals surface area contributed by atoms with Crippen LogP contribution in [0.4, 0.5) is 0 Å². The molecule has 0 aliphatic rings. The van der Waals surface area contributed by atoms with E-state index in [4.69, 9.17) is 10.2 Å². The van der Waals surface area contributed by atoms with E-state index in [2.05, 4.69) is 10.6 Å². The average molecular weight is 260 g/mol. The minimum Gasteiger partial charge on any atom is -0.481 e. The van der Waals surface area contributed by atoms with E-state index in [0.29, 0.717) is 0 Å². The molecule has 1 atom stereocenters. The molecule has 0 rings (SSSR count). The SMILES string of the molecule is CC(=O)NC(CCC(=O)O)C(=O)NCCC(=O)O. The van der Waals surface area contributed by atoms with Gasteiger partial charge in [-0.1, -0.05) is 0 Å². The molecule has 0 fully saturated rings. The lowest BCUT2D eigenvalue weighted by atomic mass is 10.1. The molecule has 0 radical (unpaired) electrons. The average Bonchev–Trinajstić information content (AvgIpc) is 2.22. The Morgan fingerprint density at radius 2 is 1.61 bits per heavy atom. The first-order valence-electron chi connectivity index (χ1n) is 5.31. The maximum absolute atomic E-state index is 11.6. The number of rotatable bonds is 8. The van der Waals surface area contributed by atoms with Gasteiger partial charge in [-0.3, -0.25) is 19.2 Å². The van der Waals surface area contributed by atoms with Gasteiger partial charge in [-0.05, 0) is 6.42 Å². The predicted molar refractivity (Wildman–Crippen MR) is 59.7 cm³/mol. The predicted octanol–water partition coefficient (Wildman–Crippen LogP) is -1.05. The van der Waals surface area contributed by atoms with E-state index in [0.717, 1.165) is 0 Å². The Kier molecular flexibility index (Phi) is 7.10. The van der Waals surface area contributed by atoms with Crippen LogP contribution in [0.2, 0.25) is 0 Å². The quantitative estimate of drug-likeness (QED) is 0.440. The van der Waals surface area contributed by atoms with Crippen molar-refractivity contribution in [1.29, 1.82) is 0 Å². The van der Waals surface area contributed by atoms with Crippen molar-refractivity contribution in [3.05, 3.63) is 0 Å². The van der Waals surface area contributed by atoms with Gasteiger partial charge in [-0.25, -0.2) is 0 Å². The molecule has 8 heteroatoms. The zero-order chi connectivity index (χ0) is 14.1. The maximum atomic E-state index is 11.6. The molecule has 18 heavy (non-hydrogen) atoms. The van der Waals surface area contributed by atoms with Gasteiger partial charge in [0.1, 0.15) is 6.04 Å². The number of carboxylic acids is 2. The Labute approximate surface area is 103 Å². The van der Waals surface area contributed by atoms with E-state index in [9.17, 15) is 19.2 Å². The van der Waals surface area contributed by atoms with Crippen LogP contribution in [-0.4, -0.2) is 46.6 Å². The van der Waals surface area contributed by atoms with Crippen LogP contribution in [0.3, 0.4) is 0 Å². The molecular formula is C10H16N2O6. The lowest BCUT2D eigenvalue weighted by Gasteiger charge is -2.16. The minimum absolute atomic E-state index is 0.0478. The second kappa shape index (κ2) is 8.04. The van der Waals surface area contributed by atoms with Gasteiger partial charge in [0.2, 0.25) is 11.8 Å². The number of amides is 2. The summed E-state index contributed by atoms with van der Waals surface area (Å²) < 4.78 is 0. The Morgan fingerprint density at radius 1 is 1.06 bits per heavy atom. The van der Waals surface area contributed by atoms with Gasteiger partial charge in [0.25, 0.3) is 0 Å². The Balaban J connectivity index is 4.25. The molecule has 0 aliphatic carbocycles. The third-order valence-electron chi connectivity index (χ3n) is 1.98. The van der Waals surface area contributed by atoms with E-state index in [1.165, 1.54) is 6.92 Å². The number of carbonyl (C=O) groups excluding carboxylic acids is 2. The molecule has 8 nitrogen and oxygen atoms in total. The fourth-order valence-electron chi connectivity index (χ4n) is 1.20. The molecule has 1 unspecified atom stereocenters. The molecule has 0 aromatic rings. The van der Waals surface area contributed by atoms with Crippen LogP contribution >= 0.6 is 0 Å². The van der Waals surface area contributed by atoms with Crippen LogP contribution in [0.1, 0.15) is 26.2 Å². The Hall–Kier alpha value is -2.12. The van der Waals surface area contributed by atoms with Crippen LogP contribution in [-0.2, 0) is 19.2 Å². The van der Waals surface area contributed by atoms with Crippen molar-refractivity contribution in [3.63, 3.8) is 0 Å². The minimum atomic E-state index is -1.08. The van der Waals surface area contributed by atoms with E-state index in [1.807, 2.05) is 0 Å². The van der Waals surface area contributed by atoms with Crippen molar-refractivity contribution in [2.45, 2.75) is 32.2 Å². The molecule has 0 saturated heterocycles. The molecular weight excluding hydrogens is 244 g/mol. The van der Waals surface area contributed by atoms with E-state index < -0.39 is 29.8 Å². The van der Waals surface area contributed by atoms with Crippen molar-refractivity contribution in [3.8, 4) is 0 Å². The van der Waals surface area contributed by atoms with E-state index in [1.54, 1.807) is 0 Å². The highest BCUT2D eigenvalue weighted by Crippen LogP contribution is 1.98. The first-order valence-corrected chi connectivity index (χ1v) is 5.31. The number of nitrogens with one attached hydrogen (secondary N) is 2. The van der Waals surface area contributed by atoms with E-state index in [-0.39, 0.29) is 25.8 Å². The zero-order valence-corrected chi connectivity index (χ0v) is 9.93. The van der Waals surface area contributed by atoms with Crippen LogP contribution < -0.4 is 10.6 Å². The first kappa shape index (κ1) is 15.9. The number of carboxylic acid groups (broad SMARTS) is 2. The van der Waals surface area contributed by atoms with Crippen molar-refractivity contribution >= 4 is 23.8 Å². The van der Waals surface area contributed by atoms with Crippen molar-refractivity contribution in [1.82, 2.24) is 10.6 Å². The first-order chi connectivity index (χ1) is 8.32. The Bertz CT molecular complexity index is 341. The summed E-state index contributed by atoms with van der Waals surface area (Å²) in [5, 5.41) is 21.5. The molecule has 0 aromatic carbocycles. The third-order valence-corrected chi connectivity index (χ3v) is 1.98. The number of aliphatic carboxylic acids is 2. The van der Waals surface area contributed by atoms with Crippen molar-refractivity contribution < 1.29 is 29.4 Å². The van der Waals surface area contributed by atoms with Gasteiger partial charge in [0, 0.05) is 19.9 Å². The Morgan fingerprint density at radius 3 is 2.06 bits per heavy atom. The van der Waals surface area contributed by atoms with Crippen LogP contribution in [0.15, 0.2) is 0 Å². The molecule has 0 aliphatic heterocycles. The molecule has 0 heterocycles. The number of carbonyl (C=O) groups is 4. The van der Waals surface area contributed by atoms with Crippen LogP contribution in [0.25, 0.3) is 0 Å². The monoisotopic (exact) mass is 260 g/mol. The summed E-state index contributed by atoms with van der Waals surface area (Å²) in [6.07, 6.45) is -0.553. The van der Waals surface area contributed by atoms with Gasteiger partial charge in [-0.15, -0.1) is 0 Å². The molecule has 102 valence electrons. The van der Waals surface area contributed by atoms with Gasteiger partial charge in [0.05, 0.1) is 6.42 Å². The summed E-state index contributed by atoms with van der Waals surface area (Å²) in [7, 11) is 0. The largest absolute Gasteiger partial charge is 0.481 e. The molecule has 0 bridgehead atoms. The molecule has 0 aromatic heterocycles. The van der Waals surface area contributed by atoms with Gasteiger partial charge in [-0.2, -0.15) is 0 Å². The summed E-state index contributed by atoms with van der Waals surface area (Å²) in [6, 6.07) is -0.965. The lowest BCUT2D eigenvalue weighted by Crippen LogP contribution is -2.46. The topological polar surface area (TPSA) is 133 Å². The van der Waals surface area contributed by atoms with Crippen LogP contribution in [0, 0.1) is 0 Å². The summed E-state index contributed by atoms with van der Waals surface area (Å²) in [5.74, 6) is -3.19. The number of hydrogen-bond donors (Lipinski definition) is 4. The summed E-state index contributed by atoms with van der Waals surface area (Å²) in [6.45, 7) is 1.13. The number of hydrogen-bond acceptors (Lipinski definition) is 4. The fraction of sp³-hybridized carbons (Fsp3) is 0.600. The molecule has 4 N–H and O–H groups in total. The van der Waals surface area contributed by atoms with Crippen molar-refractivity contribution in [2.24, 2.45) is 0 Å². The zero-order valence-electron chi connectivity index (χ0n) is 9.93. The standard InChI is InChI=1S/C10H16N2O6/c1-6(13)12-7(2-3-8(14)15)10(18)11-5-4-9(16)17/h7H,2-5H2,1H3,(H,11,18)(H,12,13)(H,14,15)(H,16,17). The second-order valence-electron chi connectivity index (χ2n) is 3.62. The van der Waals surface area contributed by atoms with E-state index >= 15 is 0 Å². The highest BCUT2D eigenvalue weighted by Gasteiger charge is 2.20. The fourth-order valence-corrected chi connectivity index (χ4v) is 1.20. The summed E-state index contributed by atoms with van der Waals surface area (Å²) >= 11 is 0. The van der Waals surface area contributed by atoms with Crippen molar-refractivity contribution in [2.75, 3.05) is 6.54 Å². The van der Waals surface area contributed by atoms with Gasteiger partial charge in [0.15, 0.2) is 0 Å². The summed E-state index contributed by atoms with van der Waals surface area (Å²) in [4.78, 5) is 43.1.